The minimum absolute atomic E-state index is 0.0913. The van der Waals surface area contributed by atoms with Crippen molar-refractivity contribution in [3.05, 3.63) is 0 Å². The first-order chi connectivity index (χ1) is 6.30. The van der Waals surface area contributed by atoms with Crippen molar-refractivity contribution >= 4 is 5.91 Å². The summed E-state index contributed by atoms with van der Waals surface area (Å²) in [4.78, 5) is 13.2. The van der Waals surface area contributed by atoms with Crippen LogP contribution in [0.4, 0.5) is 0 Å². The fourth-order valence-corrected chi connectivity index (χ4v) is 1.53. The zero-order valence-corrected chi connectivity index (χ0v) is 9.58. The first kappa shape index (κ1) is 11.5. The van der Waals surface area contributed by atoms with Crippen molar-refractivity contribution in [1.82, 2.24) is 4.90 Å². The van der Waals surface area contributed by atoms with Gasteiger partial charge in [-0.3, -0.25) is 4.79 Å². The van der Waals surface area contributed by atoms with E-state index in [1.807, 2.05) is 0 Å². The molecular formula is C11H21NO2. The largest absolute Gasteiger partial charge is 0.391 e. The van der Waals surface area contributed by atoms with Crippen molar-refractivity contribution in [3.63, 3.8) is 0 Å². The van der Waals surface area contributed by atoms with Gasteiger partial charge in [0, 0.05) is 13.1 Å². The highest BCUT2D eigenvalue weighted by Gasteiger charge is 2.31. The lowest BCUT2D eigenvalue weighted by atomic mass is 9.82. The summed E-state index contributed by atoms with van der Waals surface area (Å²) in [6.45, 7) is 9.95. The van der Waals surface area contributed by atoms with Gasteiger partial charge >= 0.3 is 0 Å². The van der Waals surface area contributed by atoms with Crippen LogP contribution in [0.5, 0.6) is 0 Å². The molecule has 1 saturated heterocycles. The molecule has 0 radical (unpaired) electrons. The zero-order chi connectivity index (χ0) is 10.9. The summed E-state index contributed by atoms with van der Waals surface area (Å²) in [5.41, 5.74) is 0.216. The minimum Gasteiger partial charge on any atom is -0.391 e. The first-order valence-corrected chi connectivity index (χ1v) is 5.26. The molecule has 3 nitrogen and oxygen atoms in total. The number of β-amino-alcohol motifs (C(OH)–C–C–N with tert-alkyl or cyclic N) is 1. The molecule has 0 aromatic carbocycles. The molecule has 1 rings (SSSR count). The third-order valence-electron chi connectivity index (χ3n) is 3.17. The summed E-state index contributed by atoms with van der Waals surface area (Å²) < 4.78 is 0. The van der Waals surface area contributed by atoms with Crippen LogP contribution in [-0.4, -0.2) is 35.1 Å². The SMILES string of the molecule is CC(CN1CC(O)CC1=O)C(C)(C)C. The van der Waals surface area contributed by atoms with Gasteiger partial charge in [-0.1, -0.05) is 27.7 Å². The van der Waals surface area contributed by atoms with Gasteiger partial charge in [0.1, 0.15) is 0 Å². The van der Waals surface area contributed by atoms with Crippen LogP contribution in [0.25, 0.3) is 0 Å². The van der Waals surface area contributed by atoms with Crippen LogP contribution in [0.3, 0.4) is 0 Å². The predicted octanol–water partition coefficient (Wildman–Crippen LogP) is 1.26. The number of hydrogen-bond donors (Lipinski definition) is 1. The summed E-state index contributed by atoms with van der Waals surface area (Å²) in [5.74, 6) is 0.547. The van der Waals surface area contributed by atoms with E-state index in [9.17, 15) is 9.90 Å². The van der Waals surface area contributed by atoms with E-state index < -0.39 is 6.10 Å². The highest BCUT2D eigenvalue weighted by atomic mass is 16.3. The number of amides is 1. The van der Waals surface area contributed by atoms with Crippen molar-refractivity contribution in [2.45, 2.75) is 40.2 Å². The van der Waals surface area contributed by atoms with Crippen molar-refractivity contribution in [2.75, 3.05) is 13.1 Å². The molecule has 1 N–H and O–H groups in total. The number of rotatable bonds is 2. The van der Waals surface area contributed by atoms with E-state index in [0.29, 0.717) is 18.9 Å². The Kier molecular flexibility index (Phi) is 3.20. The topological polar surface area (TPSA) is 40.5 Å². The summed E-state index contributed by atoms with van der Waals surface area (Å²) in [6.07, 6.45) is -0.147. The molecule has 0 bridgehead atoms. The van der Waals surface area contributed by atoms with Gasteiger partial charge in [-0.25, -0.2) is 0 Å². The summed E-state index contributed by atoms with van der Waals surface area (Å²) in [7, 11) is 0. The lowest BCUT2D eigenvalue weighted by Crippen LogP contribution is -2.35. The molecule has 1 aliphatic rings. The molecular weight excluding hydrogens is 178 g/mol. The minimum atomic E-state index is -0.449. The number of likely N-dealkylation sites (tertiary alicyclic amines) is 1. The highest BCUT2D eigenvalue weighted by molar-refractivity contribution is 5.79. The molecule has 0 aromatic rings. The quantitative estimate of drug-likeness (QED) is 0.727. The van der Waals surface area contributed by atoms with Crippen LogP contribution in [0.15, 0.2) is 0 Å². The average Bonchev–Trinajstić information content (AvgIpc) is 2.28. The van der Waals surface area contributed by atoms with Crippen LogP contribution in [0.2, 0.25) is 0 Å². The Morgan fingerprint density at radius 2 is 2.14 bits per heavy atom. The maximum atomic E-state index is 11.4. The van der Waals surface area contributed by atoms with E-state index in [1.54, 1.807) is 4.90 Å². The van der Waals surface area contributed by atoms with Crippen LogP contribution in [0.1, 0.15) is 34.1 Å². The van der Waals surface area contributed by atoms with Crippen molar-refractivity contribution in [3.8, 4) is 0 Å². The number of hydrogen-bond acceptors (Lipinski definition) is 2. The van der Waals surface area contributed by atoms with Crippen molar-refractivity contribution in [1.29, 1.82) is 0 Å². The fraction of sp³-hybridized carbons (Fsp3) is 0.909. The molecule has 0 aliphatic carbocycles. The molecule has 1 fully saturated rings. The van der Waals surface area contributed by atoms with Gasteiger partial charge in [0.25, 0.3) is 0 Å². The van der Waals surface area contributed by atoms with E-state index in [1.165, 1.54) is 0 Å². The van der Waals surface area contributed by atoms with Crippen LogP contribution in [0, 0.1) is 11.3 Å². The lowest BCUT2D eigenvalue weighted by Gasteiger charge is -2.31. The van der Waals surface area contributed by atoms with Gasteiger partial charge in [-0.15, -0.1) is 0 Å². The van der Waals surface area contributed by atoms with E-state index >= 15 is 0 Å². The Morgan fingerprint density at radius 3 is 2.50 bits per heavy atom. The Hall–Kier alpha value is -0.570. The summed E-state index contributed by atoms with van der Waals surface area (Å²) in [6, 6.07) is 0. The second kappa shape index (κ2) is 3.89. The number of carbonyl (C=O) groups is 1. The molecule has 1 heterocycles. The third kappa shape index (κ3) is 2.71. The van der Waals surface area contributed by atoms with Gasteiger partial charge in [-0.05, 0) is 11.3 Å². The Labute approximate surface area is 86.1 Å². The molecule has 14 heavy (non-hydrogen) atoms. The van der Waals surface area contributed by atoms with Gasteiger partial charge in [0.2, 0.25) is 5.91 Å². The summed E-state index contributed by atoms with van der Waals surface area (Å²) >= 11 is 0. The number of aliphatic hydroxyl groups excluding tert-OH is 1. The Morgan fingerprint density at radius 1 is 1.57 bits per heavy atom. The predicted molar refractivity (Wildman–Crippen MR) is 55.8 cm³/mol. The van der Waals surface area contributed by atoms with Crippen molar-refractivity contribution < 1.29 is 9.90 Å². The maximum absolute atomic E-state index is 11.4. The Bertz CT molecular complexity index is 220. The first-order valence-electron chi connectivity index (χ1n) is 5.26. The molecule has 0 saturated carbocycles. The van der Waals surface area contributed by atoms with Crippen molar-refractivity contribution in [2.24, 2.45) is 11.3 Å². The monoisotopic (exact) mass is 199 g/mol. The number of nitrogens with zero attached hydrogens (tertiary/aromatic N) is 1. The van der Waals surface area contributed by atoms with Crippen LogP contribution in [-0.2, 0) is 4.79 Å². The molecule has 1 amide bonds. The fourth-order valence-electron chi connectivity index (χ4n) is 1.53. The molecule has 3 heteroatoms. The molecule has 2 atom stereocenters. The molecule has 0 aromatic heterocycles. The van der Waals surface area contributed by atoms with E-state index in [0.717, 1.165) is 6.54 Å². The van der Waals surface area contributed by atoms with E-state index in [4.69, 9.17) is 0 Å². The van der Waals surface area contributed by atoms with E-state index in [-0.39, 0.29) is 11.3 Å². The molecule has 0 spiro atoms. The number of aliphatic hydroxyl groups is 1. The standard InChI is InChI=1S/C11H21NO2/c1-8(11(2,3)4)6-12-7-9(13)5-10(12)14/h8-9,13H,5-7H2,1-4H3. The van der Waals surface area contributed by atoms with Crippen LogP contribution >= 0.6 is 0 Å². The molecule has 82 valence electrons. The normalized spacial score (nSPS) is 25.6. The van der Waals surface area contributed by atoms with Gasteiger partial charge in [0.05, 0.1) is 12.5 Å². The molecule has 2 unspecified atom stereocenters. The second-order valence-electron chi connectivity index (χ2n) is 5.42. The van der Waals surface area contributed by atoms with Gasteiger partial charge < -0.3 is 10.0 Å². The third-order valence-corrected chi connectivity index (χ3v) is 3.17. The maximum Gasteiger partial charge on any atom is 0.225 e. The van der Waals surface area contributed by atoms with Gasteiger partial charge in [0.15, 0.2) is 0 Å². The Balaban J connectivity index is 2.49. The van der Waals surface area contributed by atoms with E-state index in [2.05, 4.69) is 27.7 Å². The average molecular weight is 199 g/mol. The smallest absolute Gasteiger partial charge is 0.225 e. The summed E-state index contributed by atoms with van der Waals surface area (Å²) in [5, 5.41) is 9.32. The highest BCUT2D eigenvalue weighted by Crippen LogP contribution is 2.27. The number of carbonyl (C=O) groups excluding carboxylic acids is 1. The zero-order valence-electron chi connectivity index (χ0n) is 9.58. The second-order valence-corrected chi connectivity index (χ2v) is 5.42. The van der Waals surface area contributed by atoms with Gasteiger partial charge in [-0.2, -0.15) is 0 Å². The van der Waals surface area contributed by atoms with Crippen LogP contribution < -0.4 is 0 Å². The lowest BCUT2D eigenvalue weighted by molar-refractivity contribution is -0.128. The molecule has 1 aliphatic heterocycles.